The standard InChI is InChI=1S/C22H22ClN3O4/c1-2-29-22(28)15-6-4-10-25(14-15)21(27)19-13-18(20-9-5-11-30-20)24-26(19)17-8-3-7-16(23)12-17/h3,5,7-9,11-13,15H,2,4,6,10,14H2,1H3. The van der Waals surface area contributed by atoms with E-state index in [2.05, 4.69) is 5.10 Å². The quantitative estimate of drug-likeness (QED) is 0.570. The minimum absolute atomic E-state index is 0.200. The molecule has 1 saturated heterocycles. The first-order chi connectivity index (χ1) is 14.6. The Morgan fingerprint density at radius 3 is 2.87 bits per heavy atom. The van der Waals surface area contributed by atoms with E-state index in [9.17, 15) is 9.59 Å². The smallest absolute Gasteiger partial charge is 0.310 e. The van der Waals surface area contributed by atoms with E-state index in [0.717, 1.165) is 6.42 Å². The lowest BCUT2D eigenvalue weighted by Crippen LogP contribution is -2.43. The van der Waals surface area contributed by atoms with Crippen LogP contribution in [0.15, 0.2) is 53.1 Å². The fourth-order valence-electron chi connectivity index (χ4n) is 3.66. The fraction of sp³-hybridized carbons (Fsp3) is 0.318. The van der Waals surface area contributed by atoms with Crippen molar-refractivity contribution in [2.45, 2.75) is 19.8 Å². The molecule has 7 nitrogen and oxygen atoms in total. The highest BCUT2D eigenvalue weighted by molar-refractivity contribution is 6.30. The van der Waals surface area contributed by atoms with Crippen LogP contribution in [0.5, 0.6) is 0 Å². The minimum Gasteiger partial charge on any atom is -0.466 e. The molecule has 0 N–H and O–H groups in total. The summed E-state index contributed by atoms with van der Waals surface area (Å²) in [6.45, 7) is 3.01. The molecule has 3 heterocycles. The molecule has 3 aromatic rings. The number of amides is 1. The topological polar surface area (TPSA) is 77.6 Å². The van der Waals surface area contributed by atoms with Crippen molar-refractivity contribution in [3.8, 4) is 17.1 Å². The van der Waals surface area contributed by atoms with Gasteiger partial charge in [-0.05, 0) is 50.1 Å². The first kappa shape index (κ1) is 20.2. The summed E-state index contributed by atoms with van der Waals surface area (Å²) in [4.78, 5) is 27.3. The molecule has 0 bridgehead atoms. The van der Waals surface area contributed by atoms with E-state index in [1.807, 2.05) is 6.07 Å². The number of carbonyl (C=O) groups excluding carboxylic acids is 2. The maximum atomic E-state index is 13.4. The number of halogens is 1. The van der Waals surface area contributed by atoms with Crippen molar-refractivity contribution in [2.75, 3.05) is 19.7 Å². The van der Waals surface area contributed by atoms with E-state index in [1.54, 1.807) is 59.2 Å². The van der Waals surface area contributed by atoms with E-state index in [4.69, 9.17) is 20.8 Å². The average Bonchev–Trinajstić information content (AvgIpc) is 3.43. The Kier molecular flexibility index (Phi) is 5.90. The van der Waals surface area contributed by atoms with Crippen molar-refractivity contribution in [1.82, 2.24) is 14.7 Å². The summed E-state index contributed by atoms with van der Waals surface area (Å²) < 4.78 is 12.2. The minimum atomic E-state index is -0.310. The molecule has 1 aliphatic rings. The normalized spacial score (nSPS) is 16.5. The number of carbonyl (C=O) groups is 2. The Hall–Kier alpha value is -3.06. The lowest BCUT2D eigenvalue weighted by molar-refractivity contribution is -0.149. The summed E-state index contributed by atoms with van der Waals surface area (Å²) >= 11 is 6.16. The van der Waals surface area contributed by atoms with E-state index in [1.165, 1.54) is 0 Å². The Balaban J connectivity index is 1.68. The molecule has 1 atom stereocenters. The summed E-state index contributed by atoms with van der Waals surface area (Å²) in [7, 11) is 0. The molecule has 1 amide bonds. The van der Waals surface area contributed by atoms with Crippen molar-refractivity contribution in [2.24, 2.45) is 5.92 Å². The number of nitrogens with zero attached hydrogens (tertiary/aromatic N) is 3. The number of furan rings is 1. The number of esters is 1. The lowest BCUT2D eigenvalue weighted by Gasteiger charge is -2.31. The zero-order valence-corrected chi connectivity index (χ0v) is 17.3. The van der Waals surface area contributed by atoms with Crippen molar-refractivity contribution < 1.29 is 18.7 Å². The molecule has 0 saturated carbocycles. The molecule has 156 valence electrons. The number of likely N-dealkylation sites (tertiary alicyclic amines) is 1. The van der Waals surface area contributed by atoms with Crippen LogP contribution in [0.4, 0.5) is 0 Å². The van der Waals surface area contributed by atoms with Gasteiger partial charge in [0.15, 0.2) is 5.76 Å². The van der Waals surface area contributed by atoms with Gasteiger partial charge in [0.1, 0.15) is 11.4 Å². The Bertz CT molecular complexity index is 1040. The molecule has 0 radical (unpaired) electrons. The zero-order chi connectivity index (χ0) is 21.1. The summed E-state index contributed by atoms with van der Waals surface area (Å²) in [5, 5.41) is 5.13. The van der Waals surface area contributed by atoms with Gasteiger partial charge in [-0.15, -0.1) is 0 Å². The molecule has 1 unspecified atom stereocenters. The van der Waals surface area contributed by atoms with E-state index in [-0.39, 0.29) is 17.8 Å². The first-order valence-electron chi connectivity index (χ1n) is 9.92. The van der Waals surface area contributed by atoms with Gasteiger partial charge >= 0.3 is 5.97 Å². The van der Waals surface area contributed by atoms with Crippen LogP contribution >= 0.6 is 11.6 Å². The summed E-state index contributed by atoms with van der Waals surface area (Å²) in [6, 6.07) is 12.4. The Morgan fingerprint density at radius 2 is 2.13 bits per heavy atom. The van der Waals surface area contributed by atoms with Crippen molar-refractivity contribution in [3.05, 3.63) is 59.4 Å². The van der Waals surface area contributed by atoms with Crippen LogP contribution in [-0.2, 0) is 9.53 Å². The summed E-state index contributed by atoms with van der Waals surface area (Å²) in [5.41, 5.74) is 1.60. The number of aromatic nitrogens is 2. The molecule has 1 aliphatic heterocycles. The number of hydrogen-bond donors (Lipinski definition) is 0. The number of piperidine rings is 1. The maximum absolute atomic E-state index is 13.4. The van der Waals surface area contributed by atoms with E-state index in [0.29, 0.717) is 54.0 Å². The number of ether oxygens (including phenoxy) is 1. The lowest BCUT2D eigenvalue weighted by atomic mass is 9.98. The van der Waals surface area contributed by atoms with Gasteiger partial charge in [0, 0.05) is 24.2 Å². The fourth-order valence-corrected chi connectivity index (χ4v) is 3.84. The van der Waals surface area contributed by atoms with Gasteiger partial charge in [-0.2, -0.15) is 5.10 Å². The highest BCUT2D eigenvalue weighted by Crippen LogP contribution is 2.26. The van der Waals surface area contributed by atoms with E-state index < -0.39 is 0 Å². The van der Waals surface area contributed by atoms with Crippen LogP contribution in [0.1, 0.15) is 30.3 Å². The van der Waals surface area contributed by atoms with Crippen molar-refractivity contribution >= 4 is 23.5 Å². The van der Waals surface area contributed by atoms with E-state index >= 15 is 0 Å². The third kappa shape index (κ3) is 4.11. The SMILES string of the molecule is CCOC(=O)C1CCCN(C(=O)c2cc(-c3ccco3)nn2-c2cccc(Cl)c2)C1. The van der Waals surface area contributed by atoms with Gasteiger partial charge in [0.25, 0.3) is 5.91 Å². The van der Waals surface area contributed by atoms with Crippen LogP contribution in [-0.4, -0.2) is 46.3 Å². The molecule has 0 aliphatic carbocycles. The Morgan fingerprint density at radius 1 is 1.27 bits per heavy atom. The predicted octanol–water partition coefficient (Wildman–Crippen LogP) is 4.20. The number of rotatable bonds is 5. The first-order valence-corrected chi connectivity index (χ1v) is 10.3. The van der Waals surface area contributed by atoms with Crippen molar-refractivity contribution in [3.63, 3.8) is 0 Å². The third-order valence-electron chi connectivity index (χ3n) is 5.08. The summed E-state index contributed by atoms with van der Waals surface area (Å²) in [5.74, 6) is -0.202. The van der Waals surface area contributed by atoms with Crippen molar-refractivity contribution in [1.29, 1.82) is 0 Å². The predicted molar refractivity (Wildman–Crippen MR) is 112 cm³/mol. The van der Waals surface area contributed by atoms with Gasteiger partial charge in [-0.1, -0.05) is 17.7 Å². The molecule has 1 fully saturated rings. The monoisotopic (exact) mass is 427 g/mol. The molecular formula is C22H22ClN3O4. The molecule has 0 spiro atoms. The largest absolute Gasteiger partial charge is 0.466 e. The molecule has 4 rings (SSSR count). The number of hydrogen-bond acceptors (Lipinski definition) is 5. The molecule has 30 heavy (non-hydrogen) atoms. The summed E-state index contributed by atoms with van der Waals surface area (Å²) in [6.07, 6.45) is 3.02. The van der Waals surface area contributed by atoms with Crippen LogP contribution in [0.2, 0.25) is 5.02 Å². The highest BCUT2D eigenvalue weighted by atomic mass is 35.5. The molecular weight excluding hydrogens is 406 g/mol. The number of benzene rings is 1. The van der Waals surface area contributed by atoms with Gasteiger partial charge in [0.2, 0.25) is 0 Å². The van der Waals surface area contributed by atoms with Gasteiger partial charge < -0.3 is 14.1 Å². The third-order valence-corrected chi connectivity index (χ3v) is 5.32. The van der Waals surface area contributed by atoms with Crippen LogP contribution in [0, 0.1) is 5.92 Å². The second-order valence-corrected chi connectivity index (χ2v) is 7.56. The van der Waals surface area contributed by atoms with Gasteiger partial charge in [0.05, 0.1) is 24.5 Å². The molecule has 1 aromatic carbocycles. The van der Waals surface area contributed by atoms with Gasteiger partial charge in [-0.25, -0.2) is 4.68 Å². The highest BCUT2D eigenvalue weighted by Gasteiger charge is 2.32. The van der Waals surface area contributed by atoms with Gasteiger partial charge in [-0.3, -0.25) is 9.59 Å². The molecule has 8 heteroatoms. The second kappa shape index (κ2) is 8.75. The van der Waals surface area contributed by atoms with Crippen LogP contribution in [0.25, 0.3) is 17.1 Å². The van der Waals surface area contributed by atoms with Crippen LogP contribution < -0.4 is 0 Å². The molecule has 2 aromatic heterocycles. The maximum Gasteiger partial charge on any atom is 0.310 e. The second-order valence-electron chi connectivity index (χ2n) is 7.13. The zero-order valence-electron chi connectivity index (χ0n) is 16.6. The average molecular weight is 428 g/mol. The van der Waals surface area contributed by atoms with Crippen LogP contribution in [0.3, 0.4) is 0 Å². The Labute approximate surface area is 179 Å².